The first-order valence-electron chi connectivity index (χ1n) is 9.92. The second-order valence-electron chi connectivity index (χ2n) is 6.88. The van der Waals surface area contributed by atoms with Crippen LogP contribution >= 0.6 is 0 Å². The highest BCUT2D eigenvalue weighted by Gasteiger charge is 2.06. The highest BCUT2D eigenvalue weighted by molar-refractivity contribution is 5.66. The van der Waals surface area contributed by atoms with Crippen molar-refractivity contribution in [2.24, 2.45) is 5.92 Å². The third-order valence-corrected chi connectivity index (χ3v) is 4.80. The minimum atomic E-state index is -0.652. The Balaban J connectivity index is 3.34. The number of hydrogen-bond acceptors (Lipinski definition) is 1. The van der Waals surface area contributed by atoms with Gasteiger partial charge in [-0.3, -0.25) is 4.79 Å². The summed E-state index contributed by atoms with van der Waals surface area (Å²) in [6.45, 7) is 4.59. The molecule has 22 heavy (non-hydrogen) atoms. The Labute approximate surface area is 139 Å². The maximum atomic E-state index is 10.4. The molecule has 0 aliphatic heterocycles. The zero-order valence-electron chi connectivity index (χ0n) is 15.2. The van der Waals surface area contributed by atoms with Crippen LogP contribution in [0.4, 0.5) is 0 Å². The van der Waals surface area contributed by atoms with Crippen LogP contribution in [-0.4, -0.2) is 11.1 Å². The van der Waals surface area contributed by atoms with E-state index >= 15 is 0 Å². The van der Waals surface area contributed by atoms with Gasteiger partial charge in [0, 0.05) is 6.42 Å². The van der Waals surface area contributed by atoms with Crippen molar-refractivity contribution < 1.29 is 9.90 Å². The molecule has 1 N–H and O–H groups in total. The Morgan fingerprint density at radius 2 is 1.18 bits per heavy atom. The van der Waals surface area contributed by atoms with Crippen molar-refractivity contribution >= 4 is 5.97 Å². The maximum Gasteiger partial charge on any atom is 0.303 e. The summed E-state index contributed by atoms with van der Waals surface area (Å²) in [5.74, 6) is 0.251. The van der Waals surface area contributed by atoms with E-state index in [1.165, 1.54) is 83.5 Å². The number of hydrogen-bond donors (Lipinski definition) is 1. The SMILES string of the molecule is CCCCCCCCCCC(CC)CCCCCCC(=O)O. The molecule has 0 saturated heterocycles. The Morgan fingerprint density at radius 1 is 0.727 bits per heavy atom. The average molecular weight is 313 g/mol. The lowest BCUT2D eigenvalue weighted by Gasteiger charge is -2.14. The van der Waals surface area contributed by atoms with Crippen LogP contribution in [-0.2, 0) is 4.79 Å². The van der Waals surface area contributed by atoms with Gasteiger partial charge in [-0.15, -0.1) is 0 Å². The van der Waals surface area contributed by atoms with E-state index in [-0.39, 0.29) is 0 Å². The molecule has 0 saturated carbocycles. The largest absolute Gasteiger partial charge is 0.481 e. The van der Waals surface area contributed by atoms with E-state index in [4.69, 9.17) is 5.11 Å². The summed E-state index contributed by atoms with van der Waals surface area (Å²) in [6.07, 6.45) is 20.1. The molecule has 0 aromatic heterocycles. The van der Waals surface area contributed by atoms with E-state index in [2.05, 4.69) is 13.8 Å². The highest BCUT2D eigenvalue weighted by Crippen LogP contribution is 2.21. The molecule has 2 nitrogen and oxygen atoms in total. The minimum Gasteiger partial charge on any atom is -0.481 e. The molecule has 1 atom stereocenters. The van der Waals surface area contributed by atoms with Crippen molar-refractivity contribution in [3.05, 3.63) is 0 Å². The van der Waals surface area contributed by atoms with Crippen LogP contribution in [0.5, 0.6) is 0 Å². The predicted octanol–water partition coefficient (Wildman–Crippen LogP) is 6.97. The molecule has 0 bridgehead atoms. The van der Waals surface area contributed by atoms with E-state index in [0.29, 0.717) is 6.42 Å². The van der Waals surface area contributed by atoms with Gasteiger partial charge in [-0.25, -0.2) is 0 Å². The van der Waals surface area contributed by atoms with E-state index in [9.17, 15) is 4.79 Å². The van der Waals surface area contributed by atoms with Crippen molar-refractivity contribution in [2.45, 2.75) is 117 Å². The molecule has 0 radical (unpaired) electrons. The van der Waals surface area contributed by atoms with Gasteiger partial charge in [0.2, 0.25) is 0 Å². The van der Waals surface area contributed by atoms with Crippen molar-refractivity contribution in [3.8, 4) is 0 Å². The first kappa shape index (κ1) is 21.5. The molecule has 0 spiro atoms. The molecule has 2 heteroatoms. The number of carbonyl (C=O) groups is 1. The summed E-state index contributed by atoms with van der Waals surface area (Å²) in [6, 6.07) is 0. The van der Waals surface area contributed by atoms with Crippen molar-refractivity contribution in [1.29, 1.82) is 0 Å². The molecular formula is C20H40O2. The first-order valence-corrected chi connectivity index (χ1v) is 9.92. The normalized spacial score (nSPS) is 12.5. The Bertz CT molecular complexity index is 238. The van der Waals surface area contributed by atoms with E-state index in [1.54, 1.807) is 0 Å². The molecular weight excluding hydrogens is 272 g/mol. The zero-order valence-corrected chi connectivity index (χ0v) is 15.2. The lowest BCUT2D eigenvalue weighted by atomic mass is 9.92. The van der Waals surface area contributed by atoms with E-state index < -0.39 is 5.97 Å². The van der Waals surface area contributed by atoms with Gasteiger partial charge in [-0.05, 0) is 12.3 Å². The van der Waals surface area contributed by atoms with Gasteiger partial charge in [0.25, 0.3) is 0 Å². The molecule has 0 amide bonds. The number of rotatable bonds is 17. The number of unbranched alkanes of at least 4 members (excludes halogenated alkanes) is 10. The Morgan fingerprint density at radius 3 is 1.64 bits per heavy atom. The zero-order chi connectivity index (χ0) is 16.5. The molecule has 0 heterocycles. The van der Waals surface area contributed by atoms with E-state index in [1.807, 2.05) is 0 Å². The van der Waals surface area contributed by atoms with Crippen molar-refractivity contribution in [3.63, 3.8) is 0 Å². The molecule has 0 aliphatic rings. The van der Waals surface area contributed by atoms with Crippen LogP contribution in [0.15, 0.2) is 0 Å². The Hall–Kier alpha value is -0.530. The predicted molar refractivity (Wildman–Crippen MR) is 96.3 cm³/mol. The Kier molecular flexibility index (Phi) is 16.4. The fourth-order valence-electron chi connectivity index (χ4n) is 3.18. The molecule has 1 unspecified atom stereocenters. The van der Waals surface area contributed by atoms with Crippen molar-refractivity contribution in [2.75, 3.05) is 0 Å². The number of carboxylic acid groups (broad SMARTS) is 1. The van der Waals surface area contributed by atoms with Gasteiger partial charge >= 0.3 is 5.97 Å². The fraction of sp³-hybridized carbons (Fsp3) is 0.950. The molecule has 0 fully saturated rings. The van der Waals surface area contributed by atoms with Crippen LogP contribution < -0.4 is 0 Å². The second kappa shape index (κ2) is 16.8. The number of aliphatic carboxylic acids is 1. The summed E-state index contributed by atoms with van der Waals surface area (Å²) in [7, 11) is 0. The smallest absolute Gasteiger partial charge is 0.303 e. The molecule has 0 aromatic carbocycles. The molecule has 0 rings (SSSR count). The summed E-state index contributed by atoms with van der Waals surface area (Å²) in [4.78, 5) is 10.4. The van der Waals surface area contributed by atoms with Crippen molar-refractivity contribution in [1.82, 2.24) is 0 Å². The van der Waals surface area contributed by atoms with Gasteiger partial charge in [0.05, 0.1) is 0 Å². The summed E-state index contributed by atoms with van der Waals surface area (Å²) < 4.78 is 0. The first-order chi connectivity index (χ1) is 10.7. The van der Waals surface area contributed by atoms with Crippen LogP contribution in [0, 0.1) is 5.92 Å². The highest BCUT2D eigenvalue weighted by atomic mass is 16.4. The lowest BCUT2D eigenvalue weighted by molar-refractivity contribution is -0.137. The summed E-state index contributed by atoms with van der Waals surface area (Å²) >= 11 is 0. The van der Waals surface area contributed by atoms with Crippen LogP contribution in [0.1, 0.15) is 117 Å². The second-order valence-corrected chi connectivity index (χ2v) is 6.88. The van der Waals surface area contributed by atoms with Crippen LogP contribution in [0.25, 0.3) is 0 Å². The lowest BCUT2D eigenvalue weighted by Crippen LogP contribution is -1.99. The maximum absolute atomic E-state index is 10.4. The molecule has 132 valence electrons. The third kappa shape index (κ3) is 15.9. The van der Waals surface area contributed by atoms with Gasteiger partial charge in [0.15, 0.2) is 0 Å². The monoisotopic (exact) mass is 312 g/mol. The van der Waals surface area contributed by atoms with Gasteiger partial charge in [-0.1, -0.05) is 104 Å². The summed E-state index contributed by atoms with van der Waals surface area (Å²) in [5, 5.41) is 8.60. The quantitative estimate of drug-likeness (QED) is 0.294. The fourth-order valence-corrected chi connectivity index (χ4v) is 3.18. The van der Waals surface area contributed by atoms with Gasteiger partial charge in [-0.2, -0.15) is 0 Å². The summed E-state index contributed by atoms with van der Waals surface area (Å²) in [5.41, 5.74) is 0. The van der Waals surface area contributed by atoms with E-state index in [0.717, 1.165) is 18.8 Å². The minimum absolute atomic E-state index is 0.343. The number of carboxylic acids is 1. The molecule has 0 aliphatic carbocycles. The van der Waals surface area contributed by atoms with Gasteiger partial charge < -0.3 is 5.11 Å². The molecule has 0 aromatic rings. The average Bonchev–Trinajstić information content (AvgIpc) is 2.50. The third-order valence-electron chi connectivity index (χ3n) is 4.80. The van der Waals surface area contributed by atoms with Crippen LogP contribution in [0.2, 0.25) is 0 Å². The topological polar surface area (TPSA) is 37.3 Å². The van der Waals surface area contributed by atoms with Crippen LogP contribution in [0.3, 0.4) is 0 Å². The van der Waals surface area contributed by atoms with Gasteiger partial charge in [0.1, 0.15) is 0 Å². The standard InChI is InChI=1S/C20H40O2/c1-3-5-6-7-8-9-10-13-16-19(4-2)17-14-11-12-15-18-20(21)22/h19H,3-18H2,1-2H3,(H,21,22).